The number of carbonyl (C=O) groups is 1. The van der Waals surface area contributed by atoms with Gasteiger partial charge in [-0.15, -0.1) is 0 Å². The van der Waals surface area contributed by atoms with Gasteiger partial charge in [-0.3, -0.25) is 4.79 Å². The summed E-state index contributed by atoms with van der Waals surface area (Å²) in [5.74, 6) is 1.37. The summed E-state index contributed by atoms with van der Waals surface area (Å²) in [4.78, 5) is 12.5. The van der Waals surface area contributed by atoms with Crippen LogP contribution >= 0.6 is 0 Å². The van der Waals surface area contributed by atoms with Gasteiger partial charge in [-0.25, -0.2) is 0 Å². The van der Waals surface area contributed by atoms with Crippen molar-refractivity contribution >= 4 is 5.97 Å². The number of aliphatic hydroxyl groups excluding tert-OH is 1. The largest absolute Gasteiger partial charge is 0.461 e. The second-order valence-corrected chi connectivity index (χ2v) is 9.57. The highest BCUT2D eigenvalue weighted by atomic mass is 16.5. The fourth-order valence-electron chi connectivity index (χ4n) is 5.40. The van der Waals surface area contributed by atoms with E-state index in [1.165, 1.54) is 5.56 Å². The lowest BCUT2D eigenvalue weighted by atomic mass is 9.58. The van der Waals surface area contributed by atoms with Gasteiger partial charge in [0.05, 0.1) is 5.41 Å². The third-order valence-corrected chi connectivity index (χ3v) is 6.90. The van der Waals surface area contributed by atoms with Crippen LogP contribution in [0.5, 0.6) is 0 Å². The summed E-state index contributed by atoms with van der Waals surface area (Å²) < 4.78 is 6.01. The molecule has 0 aliphatic heterocycles. The molecule has 3 heteroatoms. The Balaban J connectivity index is 1.82. The van der Waals surface area contributed by atoms with Crippen molar-refractivity contribution in [3.05, 3.63) is 35.9 Å². The van der Waals surface area contributed by atoms with Gasteiger partial charge < -0.3 is 9.84 Å². The van der Waals surface area contributed by atoms with Crippen LogP contribution in [0, 0.1) is 22.7 Å². The van der Waals surface area contributed by atoms with Crippen LogP contribution in [0.25, 0.3) is 0 Å². The number of rotatable bonds is 4. The van der Waals surface area contributed by atoms with E-state index in [4.69, 9.17) is 4.74 Å². The second kappa shape index (κ2) is 7.34. The Labute approximate surface area is 158 Å². The zero-order chi connectivity index (χ0) is 18.9. The van der Waals surface area contributed by atoms with E-state index in [1.54, 1.807) is 0 Å². The van der Waals surface area contributed by atoms with Gasteiger partial charge in [0.2, 0.25) is 0 Å². The van der Waals surface area contributed by atoms with E-state index in [2.05, 4.69) is 37.3 Å². The summed E-state index contributed by atoms with van der Waals surface area (Å²) in [6.45, 7) is 8.31. The molecule has 3 nitrogen and oxygen atoms in total. The van der Waals surface area contributed by atoms with Gasteiger partial charge in [0.25, 0.3) is 0 Å². The maximum Gasteiger partial charge on any atom is 0.311 e. The van der Waals surface area contributed by atoms with E-state index in [9.17, 15) is 9.90 Å². The molecular weight excluding hydrogens is 324 g/mol. The molecule has 2 saturated carbocycles. The minimum atomic E-state index is -0.458. The van der Waals surface area contributed by atoms with Crippen LogP contribution in [0.3, 0.4) is 0 Å². The van der Waals surface area contributed by atoms with Crippen molar-refractivity contribution in [1.29, 1.82) is 0 Å². The number of ether oxygens (including phenoxy) is 1. The highest BCUT2D eigenvalue weighted by Gasteiger charge is 2.55. The first-order chi connectivity index (χ1) is 12.3. The Morgan fingerprint density at radius 1 is 1.19 bits per heavy atom. The fraction of sp³-hybridized carbons (Fsp3) is 0.696. The standard InChI is InChI=1S/C23H34O3/c1-22(2,3)21(25)26-20-11-10-19-18(13-15-24)17(12-14-23(19,20)4)16-8-6-5-7-9-16/h5-9,17-20,24H,10-15H2,1-4H3/t17-,18-,19+,20+,23+/m1/s1. The normalized spacial score (nSPS) is 34.3. The summed E-state index contributed by atoms with van der Waals surface area (Å²) in [5.41, 5.74) is 0.967. The first kappa shape index (κ1) is 19.4. The van der Waals surface area contributed by atoms with E-state index < -0.39 is 5.41 Å². The quantitative estimate of drug-likeness (QED) is 0.776. The molecule has 1 aromatic rings. The van der Waals surface area contributed by atoms with Crippen LogP contribution in [0.1, 0.15) is 71.3 Å². The van der Waals surface area contributed by atoms with E-state index >= 15 is 0 Å². The monoisotopic (exact) mass is 358 g/mol. The molecular formula is C23H34O3. The number of esters is 1. The molecule has 5 atom stereocenters. The molecule has 0 heterocycles. The number of aliphatic hydroxyl groups is 1. The van der Waals surface area contributed by atoms with Crippen LogP contribution in [0.2, 0.25) is 0 Å². The molecule has 0 amide bonds. The van der Waals surface area contributed by atoms with Gasteiger partial charge in [0.1, 0.15) is 6.10 Å². The minimum absolute atomic E-state index is 0.0112. The van der Waals surface area contributed by atoms with Gasteiger partial charge in [-0.1, -0.05) is 37.3 Å². The zero-order valence-electron chi connectivity index (χ0n) is 16.7. The highest BCUT2D eigenvalue weighted by molar-refractivity contribution is 5.75. The van der Waals surface area contributed by atoms with Crippen LogP contribution in [0.4, 0.5) is 0 Å². The summed E-state index contributed by atoms with van der Waals surface area (Å²) in [6, 6.07) is 10.7. The van der Waals surface area contributed by atoms with Crippen molar-refractivity contribution in [2.45, 2.75) is 71.8 Å². The topological polar surface area (TPSA) is 46.5 Å². The third-order valence-electron chi connectivity index (χ3n) is 6.90. The molecule has 0 spiro atoms. The average molecular weight is 359 g/mol. The van der Waals surface area contributed by atoms with Gasteiger partial charge in [0.15, 0.2) is 0 Å². The van der Waals surface area contributed by atoms with E-state index in [1.807, 2.05) is 20.8 Å². The van der Waals surface area contributed by atoms with Crippen molar-refractivity contribution in [1.82, 2.24) is 0 Å². The van der Waals surface area contributed by atoms with Crippen LogP contribution in [0.15, 0.2) is 30.3 Å². The smallest absolute Gasteiger partial charge is 0.311 e. The number of benzene rings is 1. The minimum Gasteiger partial charge on any atom is -0.461 e. The summed E-state index contributed by atoms with van der Waals surface area (Å²) >= 11 is 0. The highest BCUT2D eigenvalue weighted by Crippen LogP contribution is 2.60. The Kier molecular flexibility index (Phi) is 5.48. The maximum atomic E-state index is 12.5. The predicted octanol–water partition coefficient (Wildman–Crippen LogP) is 4.94. The predicted molar refractivity (Wildman–Crippen MR) is 104 cm³/mol. The van der Waals surface area contributed by atoms with E-state index in [-0.39, 0.29) is 24.1 Å². The lowest BCUT2D eigenvalue weighted by Gasteiger charge is -2.48. The summed E-state index contributed by atoms with van der Waals surface area (Å²) in [6.07, 6.45) is 5.07. The number of hydrogen-bond acceptors (Lipinski definition) is 3. The molecule has 1 aromatic carbocycles. The van der Waals surface area contributed by atoms with Crippen molar-refractivity contribution in [3.8, 4) is 0 Å². The van der Waals surface area contributed by atoms with Crippen molar-refractivity contribution in [2.75, 3.05) is 6.61 Å². The number of carbonyl (C=O) groups excluding carboxylic acids is 1. The average Bonchev–Trinajstić information content (AvgIpc) is 2.92. The first-order valence-electron chi connectivity index (χ1n) is 10.1. The van der Waals surface area contributed by atoms with Crippen LogP contribution in [-0.4, -0.2) is 23.8 Å². The second-order valence-electron chi connectivity index (χ2n) is 9.57. The Bertz CT molecular complexity index is 618. The molecule has 2 aliphatic rings. The Morgan fingerprint density at radius 2 is 1.88 bits per heavy atom. The van der Waals surface area contributed by atoms with E-state index in [0.717, 1.165) is 32.1 Å². The molecule has 3 rings (SSSR count). The molecule has 144 valence electrons. The summed E-state index contributed by atoms with van der Waals surface area (Å²) in [7, 11) is 0. The van der Waals surface area contributed by atoms with Crippen molar-refractivity contribution < 1.29 is 14.6 Å². The van der Waals surface area contributed by atoms with Crippen molar-refractivity contribution in [2.24, 2.45) is 22.7 Å². The molecule has 1 N–H and O–H groups in total. The Hall–Kier alpha value is -1.35. The summed E-state index contributed by atoms with van der Waals surface area (Å²) in [5, 5.41) is 9.72. The molecule has 0 aromatic heterocycles. The molecule has 0 radical (unpaired) electrons. The van der Waals surface area contributed by atoms with Gasteiger partial charge in [-0.2, -0.15) is 0 Å². The maximum absolute atomic E-state index is 12.5. The Morgan fingerprint density at radius 3 is 2.50 bits per heavy atom. The zero-order valence-corrected chi connectivity index (χ0v) is 16.7. The van der Waals surface area contributed by atoms with Crippen LogP contribution in [-0.2, 0) is 9.53 Å². The first-order valence-corrected chi connectivity index (χ1v) is 10.1. The third kappa shape index (κ3) is 3.55. The van der Waals surface area contributed by atoms with Crippen LogP contribution < -0.4 is 0 Å². The van der Waals surface area contributed by atoms with Crippen molar-refractivity contribution in [3.63, 3.8) is 0 Å². The molecule has 0 unspecified atom stereocenters. The van der Waals surface area contributed by atoms with E-state index in [0.29, 0.717) is 17.8 Å². The van der Waals surface area contributed by atoms with Gasteiger partial charge in [-0.05, 0) is 76.2 Å². The molecule has 0 bridgehead atoms. The lowest BCUT2D eigenvalue weighted by molar-refractivity contribution is -0.167. The fourth-order valence-corrected chi connectivity index (χ4v) is 5.40. The number of hydrogen-bond donors (Lipinski definition) is 1. The molecule has 2 fully saturated rings. The number of fused-ring (bicyclic) bond motifs is 1. The SMILES string of the molecule is CC(C)(C)C(=O)O[C@H]1CC[C@H]2[C@H](CCO)[C@@H](c3ccccc3)CC[C@]12C. The lowest BCUT2D eigenvalue weighted by Crippen LogP contribution is -2.45. The molecule has 0 saturated heterocycles. The molecule has 26 heavy (non-hydrogen) atoms. The van der Waals surface area contributed by atoms with Gasteiger partial charge in [0, 0.05) is 12.0 Å². The van der Waals surface area contributed by atoms with Gasteiger partial charge >= 0.3 is 5.97 Å². The molecule has 2 aliphatic carbocycles.